The van der Waals surface area contributed by atoms with Crippen molar-refractivity contribution in [3.8, 4) is 0 Å². The molecule has 0 amide bonds. The van der Waals surface area contributed by atoms with E-state index in [1.54, 1.807) is 0 Å². The number of nitrogens with one attached hydrogen (secondary N) is 2. The molecule has 1 aromatic heterocycles. The van der Waals surface area contributed by atoms with Gasteiger partial charge in [-0.15, -0.1) is 0 Å². The summed E-state index contributed by atoms with van der Waals surface area (Å²) < 4.78 is 0. The lowest BCUT2D eigenvalue weighted by Crippen LogP contribution is -2.18. The monoisotopic (exact) mass is 298 g/mol. The van der Waals surface area contributed by atoms with Crippen LogP contribution < -0.4 is 5.32 Å². The lowest BCUT2D eigenvalue weighted by Gasteiger charge is -2.14. The Bertz CT molecular complexity index is 744. The second-order valence-corrected chi connectivity index (χ2v) is 5.85. The van der Waals surface area contributed by atoms with Crippen molar-refractivity contribution >= 4 is 22.5 Å². The first-order valence-electron chi connectivity index (χ1n) is 7.20. The van der Waals surface area contributed by atoms with Crippen LogP contribution in [-0.2, 0) is 6.54 Å². The van der Waals surface area contributed by atoms with Crippen LogP contribution >= 0.6 is 11.6 Å². The highest BCUT2D eigenvalue weighted by atomic mass is 35.5. The number of halogens is 1. The highest BCUT2D eigenvalue weighted by Gasteiger charge is 2.10. The molecule has 108 valence electrons. The van der Waals surface area contributed by atoms with Gasteiger partial charge in [-0.2, -0.15) is 0 Å². The summed E-state index contributed by atoms with van der Waals surface area (Å²) in [6, 6.07) is 17.0. The molecule has 3 rings (SSSR count). The van der Waals surface area contributed by atoms with Crippen molar-refractivity contribution < 1.29 is 0 Å². The molecule has 1 atom stereocenters. The Hall–Kier alpha value is -1.77. The maximum atomic E-state index is 6.44. The second-order valence-electron chi connectivity index (χ2n) is 5.48. The minimum Gasteiger partial charge on any atom is -0.356 e. The van der Waals surface area contributed by atoms with E-state index in [-0.39, 0.29) is 6.04 Å². The van der Waals surface area contributed by atoms with Gasteiger partial charge < -0.3 is 10.3 Å². The number of hydrogen-bond donors (Lipinski definition) is 2. The molecule has 0 aliphatic carbocycles. The third-order valence-electron chi connectivity index (χ3n) is 3.88. The normalized spacial score (nSPS) is 12.7. The van der Waals surface area contributed by atoms with Gasteiger partial charge in [-0.1, -0.05) is 59.6 Å². The Morgan fingerprint density at radius 3 is 2.52 bits per heavy atom. The van der Waals surface area contributed by atoms with Crippen molar-refractivity contribution in [1.29, 1.82) is 0 Å². The Morgan fingerprint density at radius 2 is 1.81 bits per heavy atom. The average molecular weight is 299 g/mol. The molecule has 1 heterocycles. The molecule has 0 radical (unpaired) electrons. The molecule has 0 bridgehead atoms. The van der Waals surface area contributed by atoms with E-state index in [1.165, 1.54) is 11.1 Å². The number of aryl methyl sites for hydroxylation is 1. The van der Waals surface area contributed by atoms with E-state index in [1.807, 2.05) is 24.3 Å². The number of rotatable bonds is 4. The van der Waals surface area contributed by atoms with Gasteiger partial charge in [-0.25, -0.2) is 0 Å². The predicted octanol–water partition coefficient (Wildman–Crippen LogP) is 4.98. The van der Waals surface area contributed by atoms with E-state index in [2.05, 4.69) is 48.4 Å². The quantitative estimate of drug-likeness (QED) is 0.698. The first-order chi connectivity index (χ1) is 10.1. The molecule has 0 aliphatic heterocycles. The summed E-state index contributed by atoms with van der Waals surface area (Å²) in [4.78, 5) is 3.39. The molecule has 2 aromatic carbocycles. The Kier molecular flexibility index (Phi) is 4.00. The Morgan fingerprint density at radius 1 is 1.10 bits per heavy atom. The van der Waals surface area contributed by atoms with Gasteiger partial charge in [0, 0.05) is 29.2 Å². The summed E-state index contributed by atoms with van der Waals surface area (Å²) in [5.41, 5.74) is 4.69. The zero-order chi connectivity index (χ0) is 14.8. The topological polar surface area (TPSA) is 27.8 Å². The zero-order valence-corrected chi connectivity index (χ0v) is 13.0. The van der Waals surface area contributed by atoms with Gasteiger partial charge in [0.2, 0.25) is 0 Å². The number of hydrogen-bond acceptors (Lipinski definition) is 1. The summed E-state index contributed by atoms with van der Waals surface area (Å²) in [5.74, 6) is 0. The molecule has 0 fully saturated rings. The van der Waals surface area contributed by atoms with Gasteiger partial charge in [0.25, 0.3) is 0 Å². The van der Waals surface area contributed by atoms with Crippen LogP contribution in [0.2, 0.25) is 5.02 Å². The number of aromatic nitrogens is 1. The van der Waals surface area contributed by atoms with Crippen LogP contribution in [0.4, 0.5) is 0 Å². The zero-order valence-electron chi connectivity index (χ0n) is 12.3. The molecule has 21 heavy (non-hydrogen) atoms. The van der Waals surface area contributed by atoms with Crippen LogP contribution in [0.15, 0.2) is 48.5 Å². The summed E-state index contributed by atoms with van der Waals surface area (Å²) >= 11 is 6.44. The highest BCUT2D eigenvalue weighted by Crippen LogP contribution is 2.27. The number of aromatic amines is 1. The minimum absolute atomic E-state index is 0.285. The molecule has 2 N–H and O–H groups in total. The molecule has 0 saturated carbocycles. The predicted molar refractivity (Wildman–Crippen MR) is 89.7 cm³/mol. The van der Waals surface area contributed by atoms with Crippen LogP contribution in [0.5, 0.6) is 0 Å². The maximum absolute atomic E-state index is 6.44. The van der Waals surface area contributed by atoms with Crippen LogP contribution in [0.3, 0.4) is 0 Å². The fourth-order valence-corrected chi connectivity index (χ4v) is 2.79. The van der Waals surface area contributed by atoms with Crippen molar-refractivity contribution in [2.24, 2.45) is 0 Å². The van der Waals surface area contributed by atoms with Crippen LogP contribution in [0.25, 0.3) is 10.9 Å². The largest absolute Gasteiger partial charge is 0.356 e. The van der Waals surface area contributed by atoms with E-state index in [0.29, 0.717) is 0 Å². The highest BCUT2D eigenvalue weighted by molar-refractivity contribution is 6.36. The third-order valence-corrected chi connectivity index (χ3v) is 4.31. The molecule has 0 unspecified atom stereocenters. The number of H-pyrrole nitrogens is 1. The maximum Gasteiger partial charge on any atom is 0.0705 e. The number of para-hydroxylation sites is 1. The molecule has 3 aromatic rings. The van der Waals surface area contributed by atoms with E-state index in [0.717, 1.165) is 28.2 Å². The summed E-state index contributed by atoms with van der Waals surface area (Å²) in [6.45, 7) is 5.00. The fourth-order valence-electron chi connectivity index (χ4n) is 2.51. The Labute approximate surface area is 130 Å². The van der Waals surface area contributed by atoms with Crippen LogP contribution in [-0.4, -0.2) is 4.98 Å². The molecule has 0 spiro atoms. The van der Waals surface area contributed by atoms with Gasteiger partial charge in [0.15, 0.2) is 0 Å². The minimum atomic E-state index is 0.285. The molecular formula is C18H19ClN2. The molecule has 2 nitrogen and oxygen atoms in total. The summed E-state index contributed by atoms with van der Waals surface area (Å²) in [7, 11) is 0. The lowest BCUT2D eigenvalue weighted by molar-refractivity contribution is 0.569. The van der Waals surface area contributed by atoms with Crippen molar-refractivity contribution in [2.75, 3.05) is 0 Å². The number of benzene rings is 2. The smallest absolute Gasteiger partial charge is 0.0705 e. The van der Waals surface area contributed by atoms with Crippen molar-refractivity contribution in [3.05, 3.63) is 70.4 Å². The first kappa shape index (κ1) is 14.2. The van der Waals surface area contributed by atoms with Gasteiger partial charge in [0.1, 0.15) is 0 Å². The lowest BCUT2D eigenvalue weighted by atomic mass is 10.1. The van der Waals surface area contributed by atoms with Gasteiger partial charge >= 0.3 is 0 Å². The van der Waals surface area contributed by atoms with E-state index < -0.39 is 0 Å². The average Bonchev–Trinajstić information content (AvgIpc) is 2.82. The first-order valence-corrected chi connectivity index (χ1v) is 7.58. The van der Waals surface area contributed by atoms with Crippen molar-refractivity contribution in [2.45, 2.75) is 26.4 Å². The number of fused-ring (bicyclic) bond motifs is 1. The molecular weight excluding hydrogens is 280 g/mol. The van der Waals surface area contributed by atoms with E-state index in [9.17, 15) is 0 Å². The third kappa shape index (κ3) is 2.97. The van der Waals surface area contributed by atoms with Gasteiger partial charge in [-0.3, -0.25) is 0 Å². The standard InChI is InChI=1S/C18H19ClN2/c1-12-7-9-14(10-8-12)13(2)20-11-17-18(19)15-5-3-4-6-16(15)21-17/h3-10,13,20-21H,11H2,1-2H3/t13-/m0/s1. The fraction of sp³-hybridized carbons (Fsp3) is 0.222. The molecule has 3 heteroatoms. The molecule has 0 aliphatic rings. The van der Waals surface area contributed by atoms with Crippen molar-refractivity contribution in [3.63, 3.8) is 0 Å². The SMILES string of the molecule is Cc1ccc([C@H](C)NCc2[nH]c3ccccc3c2Cl)cc1. The van der Waals surface area contributed by atoms with Gasteiger partial charge in [0.05, 0.1) is 5.02 Å². The van der Waals surface area contributed by atoms with Gasteiger partial charge in [-0.05, 0) is 25.5 Å². The Balaban J connectivity index is 1.74. The summed E-state index contributed by atoms with van der Waals surface area (Å²) in [6.07, 6.45) is 0. The van der Waals surface area contributed by atoms with E-state index in [4.69, 9.17) is 11.6 Å². The van der Waals surface area contributed by atoms with Crippen LogP contribution in [0.1, 0.15) is 29.8 Å². The summed E-state index contributed by atoms with van der Waals surface area (Å²) in [5, 5.41) is 5.42. The van der Waals surface area contributed by atoms with Crippen LogP contribution in [0, 0.1) is 6.92 Å². The van der Waals surface area contributed by atoms with E-state index >= 15 is 0 Å². The molecule has 0 saturated heterocycles. The van der Waals surface area contributed by atoms with Crippen molar-refractivity contribution in [1.82, 2.24) is 10.3 Å². The second kappa shape index (κ2) is 5.92.